The smallest absolute Gasteiger partial charge is 0.265 e. The SMILES string of the molecule is Cc1cc(N[C@H](C)C(=O)NO)ccc1F. The van der Waals surface area contributed by atoms with Crippen molar-refractivity contribution in [2.75, 3.05) is 5.32 Å². The van der Waals surface area contributed by atoms with Gasteiger partial charge < -0.3 is 5.32 Å². The molecule has 0 radical (unpaired) electrons. The number of benzene rings is 1. The lowest BCUT2D eigenvalue weighted by molar-refractivity contribution is -0.129. The molecule has 3 N–H and O–H groups in total. The molecule has 0 aliphatic rings. The Hall–Kier alpha value is -1.62. The summed E-state index contributed by atoms with van der Waals surface area (Å²) in [6.45, 7) is 3.22. The van der Waals surface area contributed by atoms with Crippen molar-refractivity contribution in [1.82, 2.24) is 5.48 Å². The molecule has 1 atom stereocenters. The molecule has 0 spiro atoms. The molecule has 4 nitrogen and oxygen atoms in total. The van der Waals surface area contributed by atoms with E-state index >= 15 is 0 Å². The van der Waals surface area contributed by atoms with Gasteiger partial charge in [-0.05, 0) is 37.6 Å². The highest BCUT2D eigenvalue weighted by Gasteiger charge is 2.11. The van der Waals surface area contributed by atoms with Gasteiger partial charge in [0.1, 0.15) is 11.9 Å². The average molecular weight is 212 g/mol. The van der Waals surface area contributed by atoms with Crippen molar-refractivity contribution < 1.29 is 14.4 Å². The van der Waals surface area contributed by atoms with Gasteiger partial charge in [0.25, 0.3) is 5.91 Å². The van der Waals surface area contributed by atoms with Crippen LogP contribution in [0.1, 0.15) is 12.5 Å². The maximum Gasteiger partial charge on any atom is 0.265 e. The van der Waals surface area contributed by atoms with E-state index < -0.39 is 11.9 Å². The van der Waals surface area contributed by atoms with E-state index in [4.69, 9.17) is 5.21 Å². The summed E-state index contributed by atoms with van der Waals surface area (Å²) in [5, 5.41) is 11.2. The van der Waals surface area contributed by atoms with Crippen molar-refractivity contribution in [3.05, 3.63) is 29.6 Å². The van der Waals surface area contributed by atoms with Crippen LogP contribution in [0, 0.1) is 12.7 Å². The van der Waals surface area contributed by atoms with E-state index in [9.17, 15) is 9.18 Å². The monoisotopic (exact) mass is 212 g/mol. The number of rotatable bonds is 3. The summed E-state index contributed by atoms with van der Waals surface area (Å²) in [7, 11) is 0. The van der Waals surface area contributed by atoms with Gasteiger partial charge >= 0.3 is 0 Å². The van der Waals surface area contributed by atoms with Gasteiger partial charge in [-0.3, -0.25) is 10.0 Å². The minimum atomic E-state index is -0.583. The topological polar surface area (TPSA) is 61.4 Å². The van der Waals surface area contributed by atoms with Crippen molar-refractivity contribution in [1.29, 1.82) is 0 Å². The molecule has 0 saturated heterocycles. The third-order valence-electron chi connectivity index (χ3n) is 2.04. The average Bonchev–Trinajstić information content (AvgIpc) is 2.22. The van der Waals surface area contributed by atoms with Crippen LogP contribution in [0.5, 0.6) is 0 Å². The lowest BCUT2D eigenvalue weighted by atomic mass is 10.2. The Morgan fingerprint density at radius 3 is 2.73 bits per heavy atom. The fourth-order valence-electron chi connectivity index (χ4n) is 1.15. The first-order valence-electron chi connectivity index (χ1n) is 4.51. The van der Waals surface area contributed by atoms with Crippen molar-refractivity contribution in [2.24, 2.45) is 0 Å². The molecule has 0 bridgehead atoms. The van der Waals surface area contributed by atoms with Gasteiger partial charge in [-0.2, -0.15) is 0 Å². The van der Waals surface area contributed by atoms with E-state index in [1.54, 1.807) is 19.9 Å². The number of nitrogens with one attached hydrogen (secondary N) is 2. The zero-order valence-electron chi connectivity index (χ0n) is 8.54. The molecule has 82 valence electrons. The number of carbonyl (C=O) groups is 1. The van der Waals surface area contributed by atoms with E-state index in [0.29, 0.717) is 11.3 Å². The number of hydroxylamine groups is 1. The first kappa shape index (κ1) is 11.5. The second-order valence-corrected chi connectivity index (χ2v) is 3.31. The van der Waals surface area contributed by atoms with Crippen LogP contribution < -0.4 is 10.8 Å². The molecule has 0 heterocycles. The van der Waals surface area contributed by atoms with Gasteiger partial charge in [0.2, 0.25) is 0 Å². The molecule has 0 aliphatic heterocycles. The molecule has 1 amide bonds. The molecule has 1 aromatic rings. The Morgan fingerprint density at radius 2 is 2.20 bits per heavy atom. The molecule has 0 saturated carbocycles. The maximum atomic E-state index is 12.9. The summed E-state index contributed by atoms with van der Waals surface area (Å²) >= 11 is 0. The zero-order chi connectivity index (χ0) is 11.4. The quantitative estimate of drug-likeness (QED) is 0.525. The predicted molar refractivity (Wildman–Crippen MR) is 54.2 cm³/mol. The Kier molecular flexibility index (Phi) is 3.62. The van der Waals surface area contributed by atoms with E-state index in [0.717, 1.165) is 0 Å². The first-order valence-corrected chi connectivity index (χ1v) is 4.51. The molecule has 0 unspecified atom stereocenters. The second-order valence-electron chi connectivity index (χ2n) is 3.31. The Bertz CT molecular complexity index is 368. The molecule has 0 aromatic heterocycles. The Labute approximate surface area is 87.1 Å². The number of hydrogen-bond donors (Lipinski definition) is 3. The fraction of sp³-hybridized carbons (Fsp3) is 0.300. The van der Waals surface area contributed by atoms with E-state index in [-0.39, 0.29) is 5.82 Å². The third kappa shape index (κ3) is 2.92. The number of anilines is 1. The Balaban J connectivity index is 2.73. The molecule has 0 fully saturated rings. The van der Waals surface area contributed by atoms with Crippen LogP contribution in [-0.2, 0) is 4.79 Å². The lowest BCUT2D eigenvalue weighted by Crippen LogP contribution is -2.35. The summed E-state index contributed by atoms with van der Waals surface area (Å²) in [5.74, 6) is -0.836. The van der Waals surface area contributed by atoms with Gasteiger partial charge in [0, 0.05) is 5.69 Å². The number of hydrogen-bond acceptors (Lipinski definition) is 3. The van der Waals surface area contributed by atoms with Crippen LogP contribution >= 0.6 is 0 Å². The highest BCUT2D eigenvalue weighted by Crippen LogP contribution is 2.14. The summed E-state index contributed by atoms with van der Waals surface area (Å²) in [6, 6.07) is 3.86. The number of aryl methyl sites for hydroxylation is 1. The highest BCUT2D eigenvalue weighted by molar-refractivity contribution is 5.83. The molecule has 0 aliphatic carbocycles. The zero-order valence-corrected chi connectivity index (χ0v) is 8.54. The summed E-state index contributed by atoms with van der Waals surface area (Å²) in [6.07, 6.45) is 0. The second kappa shape index (κ2) is 4.75. The van der Waals surface area contributed by atoms with Crippen LogP contribution in [0.25, 0.3) is 0 Å². The third-order valence-corrected chi connectivity index (χ3v) is 2.04. The van der Waals surface area contributed by atoms with Gasteiger partial charge in [0.05, 0.1) is 0 Å². The minimum absolute atomic E-state index is 0.292. The van der Waals surface area contributed by atoms with Gasteiger partial charge in [-0.1, -0.05) is 0 Å². The van der Waals surface area contributed by atoms with Crippen molar-refractivity contribution in [2.45, 2.75) is 19.9 Å². The summed E-state index contributed by atoms with van der Waals surface area (Å²) in [5.41, 5.74) is 2.66. The maximum absolute atomic E-state index is 12.9. The number of halogens is 1. The normalized spacial score (nSPS) is 12.0. The fourth-order valence-corrected chi connectivity index (χ4v) is 1.15. The largest absolute Gasteiger partial charge is 0.374 e. The number of carbonyl (C=O) groups excluding carboxylic acids is 1. The summed E-state index contributed by atoms with van der Waals surface area (Å²) < 4.78 is 12.9. The van der Waals surface area contributed by atoms with Crippen LogP contribution in [-0.4, -0.2) is 17.2 Å². The van der Waals surface area contributed by atoms with Crippen LogP contribution in [0.2, 0.25) is 0 Å². The van der Waals surface area contributed by atoms with Crippen molar-refractivity contribution in [3.8, 4) is 0 Å². The van der Waals surface area contributed by atoms with E-state index in [2.05, 4.69) is 5.32 Å². The molecule has 1 rings (SSSR count). The van der Waals surface area contributed by atoms with Crippen LogP contribution in [0.15, 0.2) is 18.2 Å². The molecular weight excluding hydrogens is 199 g/mol. The first-order chi connectivity index (χ1) is 7.04. The molecular formula is C10H13FN2O2. The van der Waals surface area contributed by atoms with E-state index in [1.807, 2.05) is 0 Å². The standard InChI is InChI=1S/C10H13FN2O2/c1-6-5-8(3-4-9(6)11)12-7(2)10(14)13-15/h3-5,7,12,15H,1-2H3,(H,13,14)/t7-/m1/s1. The van der Waals surface area contributed by atoms with E-state index in [1.165, 1.54) is 17.6 Å². The summed E-state index contributed by atoms with van der Waals surface area (Å²) in [4.78, 5) is 11.0. The lowest BCUT2D eigenvalue weighted by Gasteiger charge is -2.13. The predicted octanol–water partition coefficient (Wildman–Crippen LogP) is 1.44. The molecule has 1 aromatic carbocycles. The van der Waals surface area contributed by atoms with Crippen molar-refractivity contribution in [3.63, 3.8) is 0 Å². The van der Waals surface area contributed by atoms with Gasteiger partial charge in [-0.25, -0.2) is 9.87 Å². The minimum Gasteiger partial charge on any atom is -0.374 e. The number of amides is 1. The molecule has 5 heteroatoms. The van der Waals surface area contributed by atoms with Crippen LogP contribution in [0.4, 0.5) is 10.1 Å². The van der Waals surface area contributed by atoms with Crippen molar-refractivity contribution >= 4 is 11.6 Å². The van der Waals surface area contributed by atoms with Crippen LogP contribution in [0.3, 0.4) is 0 Å². The van der Waals surface area contributed by atoms with Gasteiger partial charge in [-0.15, -0.1) is 0 Å². The van der Waals surface area contributed by atoms with Gasteiger partial charge in [0.15, 0.2) is 0 Å². The Morgan fingerprint density at radius 1 is 1.53 bits per heavy atom. The highest BCUT2D eigenvalue weighted by atomic mass is 19.1. The molecule has 15 heavy (non-hydrogen) atoms.